The predicted molar refractivity (Wildman–Crippen MR) is 78.4 cm³/mol. The number of hydrogen-bond donors (Lipinski definition) is 1. The second kappa shape index (κ2) is 4.94. The number of aliphatic imine (C=N–C) groups is 1. The van der Waals surface area contributed by atoms with E-state index < -0.39 is 0 Å². The Bertz CT molecular complexity index is 547. The number of rotatable bonds is 1. The Morgan fingerprint density at radius 2 is 1.89 bits per heavy atom. The Morgan fingerprint density at radius 1 is 1.22 bits per heavy atom. The minimum atomic E-state index is 0.129. The van der Waals surface area contributed by atoms with Crippen LogP contribution < -0.4 is 5.73 Å². The number of halogens is 2. The molecule has 0 radical (unpaired) electrons. The molecule has 1 aromatic carbocycles. The summed E-state index contributed by atoms with van der Waals surface area (Å²) in [5, 5.41) is 1.19. The van der Waals surface area contributed by atoms with Gasteiger partial charge in [0.25, 0.3) is 0 Å². The van der Waals surface area contributed by atoms with Gasteiger partial charge in [0.05, 0.1) is 10.0 Å². The van der Waals surface area contributed by atoms with Crippen molar-refractivity contribution >= 4 is 29.0 Å². The highest BCUT2D eigenvalue weighted by Crippen LogP contribution is 2.41. The van der Waals surface area contributed by atoms with Crippen LogP contribution in [0.5, 0.6) is 0 Å². The largest absolute Gasteiger partial charge is 0.387 e. The quantitative estimate of drug-likeness (QED) is 0.816. The van der Waals surface area contributed by atoms with Crippen LogP contribution in [0.1, 0.15) is 32.3 Å². The molecule has 1 heterocycles. The standard InChI is InChI=1S/C14H16Cl2N2/c1-7-9(3)18-14(17)8(2)12(7)10-5-4-6-11(15)13(10)16/h4-6,8,12H,1-3H3,(H2,17,18). The molecule has 0 fully saturated rings. The molecule has 2 unspecified atom stereocenters. The summed E-state index contributed by atoms with van der Waals surface area (Å²) in [4.78, 5) is 4.37. The number of nitrogens with zero attached hydrogens (tertiary/aromatic N) is 1. The fourth-order valence-electron chi connectivity index (χ4n) is 2.42. The fraction of sp³-hybridized carbons (Fsp3) is 0.357. The molecule has 1 aliphatic heterocycles. The summed E-state index contributed by atoms with van der Waals surface area (Å²) in [6.45, 7) is 6.11. The van der Waals surface area contributed by atoms with Gasteiger partial charge in [-0.2, -0.15) is 0 Å². The van der Waals surface area contributed by atoms with Gasteiger partial charge in [0.15, 0.2) is 0 Å². The van der Waals surface area contributed by atoms with Gasteiger partial charge in [-0.15, -0.1) is 0 Å². The fourth-order valence-corrected chi connectivity index (χ4v) is 2.84. The van der Waals surface area contributed by atoms with Crippen molar-refractivity contribution in [1.29, 1.82) is 0 Å². The van der Waals surface area contributed by atoms with Crippen molar-refractivity contribution in [2.75, 3.05) is 0 Å². The summed E-state index contributed by atoms with van der Waals surface area (Å²) >= 11 is 12.4. The van der Waals surface area contributed by atoms with Gasteiger partial charge in [0.1, 0.15) is 5.84 Å². The van der Waals surface area contributed by atoms with Crippen LogP contribution in [0.2, 0.25) is 10.0 Å². The Hall–Kier alpha value is -0.990. The van der Waals surface area contributed by atoms with E-state index in [1.807, 2.05) is 19.1 Å². The smallest absolute Gasteiger partial charge is 0.103 e. The number of allylic oxidation sites excluding steroid dienone is 2. The number of hydrogen-bond acceptors (Lipinski definition) is 2. The van der Waals surface area contributed by atoms with E-state index in [0.717, 1.165) is 11.3 Å². The maximum absolute atomic E-state index is 6.32. The molecular weight excluding hydrogens is 267 g/mol. The van der Waals surface area contributed by atoms with E-state index in [4.69, 9.17) is 28.9 Å². The molecule has 1 aliphatic rings. The van der Waals surface area contributed by atoms with Crippen LogP contribution >= 0.6 is 23.2 Å². The van der Waals surface area contributed by atoms with Crippen LogP contribution in [0.25, 0.3) is 0 Å². The number of nitrogens with two attached hydrogens (primary N) is 1. The second-order valence-corrected chi connectivity index (χ2v) is 5.50. The molecule has 1 aromatic rings. The first-order valence-electron chi connectivity index (χ1n) is 5.88. The maximum atomic E-state index is 6.32. The van der Waals surface area contributed by atoms with Gasteiger partial charge in [-0.05, 0) is 31.1 Å². The van der Waals surface area contributed by atoms with Crippen LogP contribution in [-0.2, 0) is 0 Å². The average molecular weight is 283 g/mol. The van der Waals surface area contributed by atoms with Crippen molar-refractivity contribution in [2.45, 2.75) is 26.7 Å². The third-order valence-corrected chi connectivity index (χ3v) is 4.45. The molecule has 18 heavy (non-hydrogen) atoms. The number of benzene rings is 1. The van der Waals surface area contributed by atoms with Crippen molar-refractivity contribution in [1.82, 2.24) is 0 Å². The molecule has 96 valence electrons. The van der Waals surface area contributed by atoms with Crippen molar-refractivity contribution < 1.29 is 0 Å². The lowest BCUT2D eigenvalue weighted by atomic mass is 9.79. The van der Waals surface area contributed by atoms with Gasteiger partial charge in [0, 0.05) is 17.5 Å². The molecule has 0 bridgehead atoms. The molecule has 2 rings (SSSR count). The van der Waals surface area contributed by atoms with Gasteiger partial charge in [-0.3, -0.25) is 0 Å². The summed E-state index contributed by atoms with van der Waals surface area (Å²) < 4.78 is 0. The maximum Gasteiger partial charge on any atom is 0.103 e. The number of amidine groups is 1. The van der Waals surface area contributed by atoms with E-state index in [-0.39, 0.29) is 11.8 Å². The first-order chi connectivity index (χ1) is 8.43. The lowest BCUT2D eigenvalue weighted by Crippen LogP contribution is -2.31. The molecule has 2 nitrogen and oxygen atoms in total. The first kappa shape index (κ1) is 13.4. The summed E-state index contributed by atoms with van der Waals surface area (Å²) in [5.74, 6) is 0.928. The van der Waals surface area contributed by atoms with Gasteiger partial charge in [-0.25, -0.2) is 4.99 Å². The lowest BCUT2D eigenvalue weighted by molar-refractivity contribution is 0.621. The molecule has 0 aliphatic carbocycles. The van der Waals surface area contributed by atoms with Crippen LogP contribution in [0, 0.1) is 5.92 Å². The third kappa shape index (κ3) is 2.15. The minimum absolute atomic E-state index is 0.129. The Kier molecular flexibility index (Phi) is 3.69. The molecule has 0 saturated heterocycles. The monoisotopic (exact) mass is 282 g/mol. The topological polar surface area (TPSA) is 38.4 Å². The summed E-state index contributed by atoms with van der Waals surface area (Å²) in [6.07, 6.45) is 0. The van der Waals surface area contributed by atoms with Crippen molar-refractivity contribution in [3.05, 3.63) is 45.1 Å². The average Bonchev–Trinajstić information content (AvgIpc) is 2.32. The zero-order chi connectivity index (χ0) is 13.4. The van der Waals surface area contributed by atoms with Crippen molar-refractivity contribution in [3.8, 4) is 0 Å². The molecule has 2 N–H and O–H groups in total. The third-order valence-electron chi connectivity index (χ3n) is 3.62. The molecule has 0 spiro atoms. The van der Waals surface area contributed by atoms with E-state index in [2.05, 4.69) is 18.8 Å². The Morgan fingerprint density at radius 3 is 2.56 bits per heavy atom. The Labute approximate surface area is 117 Å². The normalized spacial score (nSPS) is 24.2. The van der Waals surface area contributed by atoms with Crippen LogP contribution in [0.4, 0.5) is 0 Å². The second-order valence-electron chi connectivity index (χ2n) is 4.71. The van der Waals surface area contributed by atoms with Gasteiger partial charge >= 0.3 is 0 Å². The van der Waals surface area contributed by atoms with E-state index in [9.17, 15) is 0 Å². The first-order valence-corrected chi connectivity index (χ1v) is 6.64. The van der Waals surface area contributed by atoms with Gasteiger partial charge < -0.3 is 5.73 Å². The highest BCUT2D eigenvalue weighted by molar-refractivity contribution is 6.42. The van der Waals surface area contributed by atoms with Gasteiger partial charge in [0.2, 0.25) is 0 Å². The Balaban J connectivity index is 2.57. The van der Waals surface area contributed by atoms with E-state index in [1.54, 1.807) is 6.07 Å². The van der Waals surface area contributed by atoms with E-state index >= 15 is 0 Å². The molecule has 0 saturated carbocycles. The van der Waals surface area contributed by atoms with Crippen LogP contribution in [-0.4, -0.2) is 5.84 Å². The highest BCUT2D eigenvalue weighted by atomic mass is 35.5. The molecule has 0 amide bonds. The molecular formula is C14H16Cl2N2. The molecule has 0 aromatic heterocycles. The summed E-state index contributed by atoms with van der Waals surface area (Å²) in [7, 11) is 0. The molecule has 2 atom stereocenters. The minimum Gasteiger partial charge on any atom is -0.387 e. The predicted octanol–water partition coefficient (Wildman–Crippen LogP) is 4.38. The summed E-state index contributed by atoms with van der Waals surface area (Å²) in [6, 6.07) is 5.72. The lowest BCUT2D eigenvalue weighted by Gasteiger charge is -2.30. The summed E-state index contributed by atoms with van der Waals surface area (Å²) in [5.41, 5.74) is 9.17. The zero-order valence-corrected chi connectivity index (χ0v) is 12.2. The highest BCUT2D eigenvalue weighted by Gasteiger charge is 2.30. The SMILES string of the molecule is CC1=C(C)C(c2cccc(Cl)c2Cl)C(C)C(N)=N1. The van der Waals surface area contributed by atoms with Crippen LogP contribution in [0.3, 0.4) is 0 Å². The van der Waals surface area contributed by atoms with Crippen molar-refractivity contribution in [3.63, 3.8) is 0 Å². The van der Waals surface area contributed by atoms with Crippen LogP contribution in [0.15, 0.2) is 34.5 Å². The molecule has 4 heteroatoms. The van der Waals surface area contributed by atoms with Crippen molar-refractivity contribution in [2.24, 2.45) is 16.6 Å². The zero-order valence-electron chi connectivity index (χ0n) is 10.7. The van der Waals surface area contributed by atoms with Gasteiger partial charge in [-0.1, -0.05) is 42.3 Å². The van der Waals surface area contributed by atoms with E-state index in [0.29, 0.717) is 15.9 Å². The van der Waals surface area contributed by atoms with E-state index in [1.165, 1.54) is 5.57 Å².